The van der Waals surface area contributed by atoms with E-state index >= 15 is 4.79 Å². The number of imidazole rings is 1. The normalized spacial score (nSPS) is 32.5. The molecule has 13 heteroatoms. The van der Waals surface area contributed by atoms with E-state index in [1.165, 1.54) is 24.0 Å². The van der Waals surface area contributed by atoms with Crippen molar-refractivity contribution in [2.75, 3.05) is 47.4 Å². The lowest BCUT2D eigenvalue weighted by Crippen LogP contribution is -2.73. The molecule has 6 heterocycles. The molecule has 1 spiro atoms. The number of likely N-dealkylation sites (tertiary alicyclic amines) is 3. The van der Waals surface area contributed by atoms with Crippen LogP contribution < -0.4 is 15.4 Å². The molecule has 0 radical (unpaired) electrons. The first kappa shape index (κ1) is 51.9. The minimum atomic E-state index is -0.774. The molecule has 6 fully saturated rings. The van der Waals surface area contributed by atoms with E-state index in [4.69, 9.17) is 37.7 Å². The van der Waals surface area contributed by atoms with Crippen LogP contribution in [0.3, 0.4) is 0 Å². The Hall–Kier alpha value is -4.14. The smallest absolute Gasteiger partial charge is 0.153 e. The molecule has 2 bridgehead atoms. The lowest BCUT2D eigenvalue weighted by Gasteiger charge is -2.57. The van der Waals surface area contributed by atoms with Crippen molar-refractivity contribution in [2.24, 2.45) is 23.8 Å². The first-order valence-electron chi connectivity index (χ1n) is 27.6. The van der Waals surface area contributed by atoms with Crippen molar-refractivity contribution >= 4 is 29.0 Å². The van der Waals surface area contributed by atoms with Gasteiger partial charge in [-0.3, -0.25) is 24.4 Å². The molecule has 394 valence electrons. The highest BCUT2D eigenvalue weighted by Crippen LogP contribution is 2.63. The zero-order valence-electron chi connectivity index (χ0n) is 44.9. The largest absolute Gasteiger partial charge is 0.457 e. The summed E-state index contributed by atoms with van der Waals surface area (Å²) in [5.74, 6) is 3.24. The number of hydrogen-bond acceptors (Lipinski definition) is 10. The summed E-state index contributed by atoms with van der Waals surface area (Å²) in [4.78, 5) is 33.0. The van der Waals surface area contributed by atoms with Gasteiger partial charge in [0.1, 0.15) is 17.3 Å². The zero-order valence-corrected chi connectivity index (χ0v) is 46.4. The molecule has 12 atom stereocenters. The van der Waals surface area contributed by atoms with Crippen LogP contribution in [0, 0.1) is 23.7 Å². The third kappa shape index (κ3) is 8.88. The molecule has 11 rings (SSSR count). The molecular weight excluding hydrogens is 964 g/mol. The van der Waals surface area contributed by atoms with Gasteiger partial charge in [-0.25, -0.2) is 4.98 Å². The van der Waals surface area contributed by atoms with Gasteiger partial charge in [-0.05, 0) is 158 Å². The van der Waals surface area contributed by atoms with Gasteiger partial charge in [-0.2, -0.15) is 0 Å². The summed E-state index contributed by atoms with van der Waals surface area (Å²) in [6.45, 7) is 14.2. The van der Waals surface area contributed by atoms with E-state index in [1.54, 1.807) is 7.11 Å². The maximum Gasteiger partial charge on any atom is 0.153 e. The van der Waals surface area contributed by atoms with Crippen molar-refractivity contribution in [3.63, 3.8) is 0 Å². The van der Waals surface area contributed by atoms with Crippen molar-refractivity contribution in [3.8, 4) is 22.8 Å². The number of ether oxygens (including phenoxy) is 2. The second kappa shape index (κ2) is 21.0. The Morgan fingerprint density at radius 3 is 2.26 bits per heavy atom. The molecule has 4 aromatic carbocycles. The van der Waals surface area contributed by atoms with E-state index < -0.39 is 10.8 Å². The number of likely N-dealkylation sites (N-methyl/N-ethyl adjacent to an activating group) is 2. The number of carbonyl (C=O) groups excluding carboxylic acids is 1. The number of aromatic nitrogens is 2. The highest BCUT2D eigenvalue weighted by molar-refractivity contribution is 6.31. The summed E-state index contributed by atoms with van der Waals surface area (Å²) in [6.07, 6.45) is 6.77. The van der Waals surface area contributed by atoms with Crippen LogP contribution in [0.2, 0.25) is 10.0 Å². The van der Waals surface area contributed by atoms with Crippen LogP contribution in [0.5, 0.6) is 11.5 Å². The van der Waals surface area contributed by atoms with E-state index in [2.05, 4.69) is 156 Å². The molecule has 5 saturated heterocycles. The molecule has 1 aromatic heterocycles. The Balaban J connectivity index is 1.00. The summed E-state index contributed by atoms with van der Waals surface area (Å²) >= 11 is 13.3. The van der Waals surface area contributed by atoms with Gasteiger partial charge in [0.05, 0.1) is 35.4 Å². The highest BCUT2D eigenvalue weighted by atomic mass is 35.5. The fraction of sp³-hybridized carbons (Fsp3) is 0.541. The zero-order chi connectivity index (χ0) is 51.6. The number of piperidine rings is 1. The van der Waals surface area contributed by atoms with E-state index in [1.807, 2.05) is 24.3 Å². The molecule has 7 unspecified atom stereocenters. The van der Waals surface area contributed by atoms with Crippen LogP contribution in [-0.2, 0) is 42.5 Å². The molecule has 11 nitrogen and oxygen atoms in total. The molecule has 0 amide bonds. The number of halogens is 2. The Labute approximate surface area is 450 Å². The average Bonchev–Trinajstić information content (AvgIpc) is 4.26. The molecule has 1 aliphatic carbocycles. The summed E-state index contributed by atoms with van der Waals surface area (Å²) in [7, 11) is 8.55. The standard InChI is InChI=1S/C61H78Cl2N8O3/c1-9-60-53-31-45(29-41-15-11-10-12-16-41)57(60)67(5)38(2)34-64-52-33-48(30-42-17-22-46(62)23-18-42)68(6)58-50(37-73-8)66-56(61(52,58)59(60)72)40(4)71(53)35-44-19-24-47(63)32-51(44)74-49-25-20-43(21-26-49)55-39(3)65-54(69(55)7)36-70-27-13-14-28-70/h10-12,15-26,32,38,40,45,48,50,52-53,56-58,64,66H,9,13-14,27-31,33-37H2,1-8H3/t38-,40-,45+,48-,50+,52?,53?,56?,57?,58?,60?,61?/m0/s1. The number of carbonyl (C=O) groups is 1. The topological polar surface area (TPSA) is 90.4 Å². The van der Waals surface area contributed by atoms with Gasteiger partial charge in [0.15, 0.2) is 5.78 Å². The van der Waals surface area contributed by atoms with Gasteiger partial charge in [0.25, 0.3) is 0 Å². The minimum Gasteiger partial charge on any atom is -0.457 e. The third-order valence-corrected chi connectivity index (χ3v) is 19.8. The predicted molar refractivity (Wildman–Crippen MR) is 297 cm³/mol. The van der Waals surface area contributed by atoms with E-state index in [-0.39, 0.29) is 60.3 Å². The van der Waals surface area contributed by atoms with Gasteiger partial charge in [-0.1, -0.05) is 78.7 Å². The quantitative estimate of drug-likeness (QED) is 0.112. The SMILES string of the molecule is CCC12C(=O)C34C5C[C@H](Cc6ccc(Cl)cc6)N(C)C3[C@@H](COC)NC4[C@H](C)N(Cc3ccc(Cl)cc3Oc3ccc(-c4c(C)nc(CN6CCCC6)n4C)cc3)C1C[C@@H](Cc1ccccc1)C2N(C)[C@@H](C)CN5. The predicted octanol–water partition coefficient (Wildman–Crippen LogP) is 9.84. The fourth-order valence-corrected chi connectivity index (χ4v) is 16.2. The van der Waals surface area contributed by atoms with Crippen LogP contribution in [0.25, 0.3) is 11.3 Å². The molecule has 2 N–H and O–H groups in total. The minimum absolute atomic E-state index is 0.00150. The second-order valence-corrected chi connectivity index (χ2v) is 24.0. The summed E-state index contributed by atoms with van der Waals surface area (Å²) in [5.41, 5.74) is 5.41. The van der Waals surface area contributed by atoms with Crippen LogP contribution in [0.15, 0.2) is 97.1 Å². The summed E-state index contributed by atoms with van der Waals surface area (Å²) < 4.78 is 15.4. The van der Waals surface area contributed by atoms with Crippen LogP contribution >= 0.6 is 23.2 Å². The first-order chi connectivity index (χ1) is 35.8. The number of rotatable bonds is 14. The maximum absolute atomic E-state index is 17.5. The lowest BCUT2D eigenvalue weighted by atomic mass is 9.54. The van der Waals surface area contributed by atoms with E-state index in [9.17, 15) is 0 Å². The number of nitrogens with zero attached hydrogens (tertiary/aromatic N) is 6. The molecular formula is C61H78Cl2N8O3. The van der Waals surface area contributed by atoms with Gasteiger partial charge < -0.3 is 24.7 Å². The van der Waals surface area contributed by atoms with Crippen molar-refractivity contribution in [1.82, 2.24) is 39.8 Å². The van der Waals surface area contributed by atoms with Gasteiger partial charge >= 0.3 is 0 Å². The van der Waals surface area contributed by atoms with Crippen LogP contribution in [0.4, 0.5) is 0 Å². The molecule has 5 aliphatic heterocycles. The van der Waals surface area contributed by atoms with Crippen molar-refractivity contribution in [3.05, 3.63) is 135 Å². The number of ketones is 1. The average molecular weight is 1040 g/mol. The second-order valence-electron chi connectivity index (χ2n) is 23.1. The Kier molecular flexibility index (Phi) is 14.7. The third-order valence-electron chi connectivity index (χ3n) is 19.3. The lowest BCUT2D eigenvalue weighted by molar-refractivity contribution is -0.154. The number of benzene rings is 4. The first-order valence-corrected chi connectivity index (χ1v) is 28.3. The number of aryl methyl sites for hydroxylation is 1. The summed E-state index contributed by atoms with van der Waals surface area (Å²) in [6, 6.07) is 33.7. The van der Waals surface area contributed by atoms with Gasteiger partial charge in [0, 0.05) is 103 Å². The van der Waals surface area contributed by atoms with Gasteiger partial charge in [-0.15, -0.1) is 0 Å². The molecule has 1 saturated carbocycles. The highest BCUT2D eigenvalue weighted by Gasteiger charge is 2.77. The number of methoxy groups -OCH3 is 1. The van der Waals surface area contributed by atoms with Crippen LogP contribution in [-0.4, -0.2) is 137 Å². The monoisotopic (exact) mass is 1040 g/mol. The molecule has 74 heavy (non-hydrogen) atoms. The maximum atomic E-state index is 17.5. The Bertz CT molecular complexity index is 2790. The van der Waals surface area contributed by atoms with E-state index in [0.29, 0.717) is 24.0 Å². The number of hydrogen-bond donors (Lipinski definition) is 2. The van der Waals surface area contributed by atoms with Crippen LogP contribution in [0.1, 0.15) is 81.1 Å². The van der Waals surface area contributed by atoms with Gasteiger partial charge in [0.2, 0.25) is 0 Å². The van der Waals surface area contributed by atoms with Crippen molar-refractivity contribution in [1.29, 1.82) is 0 Å². The molecule has 5 aromatic rings. The van der Waals surface area contributed by atoms with E-state index in [0.717, 1.165) is 103 Å². The number of nitrogens with one attached hydrogen (secondary N) is 2. The Morgan fingerprint density at radius 1 is 0.824 bits per heavy atom. The number of Topliss-reactive ketones (excluding diaryl/α,β-unsaturated/α-hetero) is 1. The van der Waals surface area contributed by atoms with Crippen molar-refractivity contribution in [2.45, 2.75) is 140 Å². The molecule has 6 aliphatic rings. The Morgan fingerprint density at radius 2 is 1.54 bits per heavy atom. The summed E-state index contributed by atoms with van der Waals surface area (Å²) in [5, 5.41) is 9.86. The fourth-order valence-electron chi connectivity index (χ4n) is 15.9. The van der Waals surface area contributed by atoms with Crippen molar-refractivity contribution < 1.29 is 14.3 Å².